The number of hydrogen-bond acceptors (Lipinski definition) is 4. The van der Waals surface area contributed by atoms with E-state index >= 15 is 0 Å². The highest BCUT2D eigenvalue weighted by Gasteiger charge is 2.19. The van der Waals surface area contributed by atoms with Crippen molar-refractivity contribution in [2.24, 2.45) is 0 Å². The lowest BCUT2D eigenvalue weighted by atomic mass is 9.96. The van der Waals surface area contributed by atoms with Crippen molar-refractivity contribution in [3.63, 3.8) is 0 Å². The van der Waals surface area contributed by atoms with E-state index in [9.17, 15) is 5.11 Å². The molecule has 0 aliphatic rings. The number of benzene rings is 1. The maximum absolute atomic E-state index is 9.26. The van der Waals surface area contributed by atoms with Crippen LogP contribution in [0.25, 0.3) is 0 Å². The Morgan fingerprint density at radius 2 is 1.79 bits per heavy atom. The van der Waals surface area contributed by atoms with Crippen LogP contribution in [0.1, 0.15) is 26.2 Å². The second-order valence-electron chi connectivity index (χ2n) is 4.95. The second kappa shape index (κ2) is 8.02. The van der Waals surface area contributed by atoms with E-state index in [4.69, 9.17) is 9.47 Å². The predicted molar refractivity (Wildman–Crippen MR) is 76.9 cm³/mol. The van der Waals surface area contributed by atoms with Crippen LogP contribution in [0.4, 0.5) is 0 Å². The van der Waals surface area contributed by atoms with Crippen LogP contribution in [0.3, 0.4) is 0 Å². The molecule has 0 spiro atoms. The fourth-order valence-corrected chi connectivity index (χ4v) is 1.76. The molecule has 0 heterocycles. The molecule has 4 heteroatoms. The summed E-state index contributed by atoms with van der Waals surface area (Å²) in [6.07, 6.45) is 2.93. The maximum atomic E-state index is 9.26. The number of nitrogens with one attached hydrogen (secondary N) is 1. The molecular formula is C15H25NO3. The first-order chi connectivity index (χ1) is 9.13. The molecule has 19 heavy (non-hydrogen) atoms. The van der Waals surface area contributed by atoms with Crippen LogP contribution < -0.4 is 14.8 Å². The van der Waals surface area contributed by atoms with Gasteiger partial charge in [-0.15, -0.1) is 0 Å². The van der Waals surface area contributed by atoms with Gasteiger partial charge in [0.2, 0.25) is 0 Å². The molecule has 2 N–H and O–H groups in total. The lowest BCUT2D eigenvalue weighted by molar-refractivity contribution is 0.168. The zero-order valence-electron chi connectivity index (χ0n) is 12.1. The van der Waals surface area contributed by atoms with Gasteiger partial charge in [0.15, 0.2) is 0 Å². The Labute approximate surface area is 115 Å². The molecule has 4 nitrogen and oxygen atoms in total. The fraction of sp³-hybridized carbons (Fsp3) is 0.600. The van der Waals surface area contributed by atoms with E-state index in [1.807, 2.05) is 38.2 Å². The molecule has 1 unspecified atom stereocenters. The smallest absolute Gasteiger partial charge is 0.119 e. The number of methoxy groups -OCH3 is 1. The predicted octanol–water partition coefficient (Wildman–Crippen LogP) is 2.21. The fourth-order valence-electron chi connectivity index (χ4n) is 1.76. The van der Waals surface area contributed by atoms with Crippen molar-refractivity contribution in [3.8, 4) is 11.5 Å². The molecule has 0 aliphatic heterocycles. The Kier molecular flexibility index (Phi) is 6.67. The molecule has 0 amide bonds. The quantitative estimate of drug-likeness (QED) is 0.674. The van der Waals surface area contributed by atoms with Crippen LogP contribution in [-0.4, -0.2) is 38.0 Å². The molecular weight excluding hydrogens is 242 g/mol. The number of likely N-dealkylation sites (N-methyl/N-ethyl adjacent to an activating group) is 1. The zero-order chi connectivity index (χ0) is 14.1. The highest BCUT2D eigenvalue weighted by Crippen LogP contribution is 2.18. The minimum Gasteiger partial charge on any atom is -0.497 e. The Bertz CT molecular complexity index is 347. The number of unbranched alkanes of at least 4 members (excludes halogenated alkanes) is 1. The Morgan fingerprint density at radius 3 is 2.32 bits per heavy atom. The molecule has 0 saturated heterocycles. The normalized spacial score (nSPS) is 13.9. The number of ether oxygens (including phenoxy) is 2. The Hall–Kier alpha value is -1.26. The highest BCUT2D eigenvalue weighted by molar-refractivity contribution is 5.31. The average molecular weight is 267 g/mol. The summed E-state index contributed by atoms with van der Waals surface area (Å²) in [4.78, 5) is 0. The van der Waals surface area contributed by atoms with Crippen molar-refractivity contribution in [1.29, 1.82) is 0 Å². The Balaban J connectivity index is 2.20. The van der Waals surface area contributed by atoms with Crippen LogP contribution >= 0.6 is 0 Å². The topological polar surface area (TPSA) is 50.7 Å². The molecule has 1 aromatic rings. The molecule has 0 fully saturated rings. The van der Waals surface area contributed by atoms with Gasteiger partial charge in [-0.25, -0.2) is 0 Å². The highest BCUT2D eigenvalue weighted by atomic mass is 16.5. The summed E-state index contributed by atoms with van der Waals surface area (Å²) in [5.74, 6) is 1.69. The van der Waals surface area contributed by atoms with Crippen LogP contribution in [0, 0.1) is 0 Å². The van der Waals surface area contributed by atoms with Gasteiger partial charge in [0.25, 0.3) is 0 Å². The summed E-state index contributed by atoms with van der Waals surface area (Å²) < 4.78 is 10.7. The van der Waals surface area contributed by atoms with Crippen molar-refractivity contribution in [1.82, 2.24) is 5.32 Å². The van der Waals surface area contributed by atoms with E-state index in [0.29, 0.717) is 6.61 Å². The van der Waals surface area contributed by atoms with Crippen LogP contribution in [-0.2, 0) is 0 Å². The summed E-state index contributed by atoms with van der Waals surface area (Å²) in [7, 11) is 3.53. The molecule has 1 aromatic carbocycles. The van der Waals surface area contributed by atoms with Crippen molar-refractivity contribution in [2.75, 3.05) is 27.4 Å². The van der Waals surface area contributed by atoms with Crippen molar-refractivity contribution < 1.29 is 14.6 Å². The van der Waals surface area contributed by atoms with Gasteiger partial charge in [-0.05, 0) is 57.5 Å². The van der Waals surface area contributed by atoms with Gasteiger partial charge in [-0.2, -0.15) is 0 Å². The summed E-state index contributed by atoms with van der Waals surface area (Å²) in [5, 5.41) is 12.4. The third-order valence-corrected chi connectivity index (χ3v) is 3.40. The standard InChI is InChI=1S/C15H25NO3/c1-15(12-17,16-2)10-4-5-11-19-14-8-6-13(18-3)7-9-14/h6-9,16-17H,4-5,10-12H2,1-3H3. The maximum Gasteiger partial charge on any atom is 0.119 e. The van der Waals surface area contributed by atoms with Crippen LogP contribution in [0.15, 0.2) is 24.3 Å². The van der Waals surface area contributed by atoms with E-state index in [2.05, 4.69) is 5.32 Å². The average Bonchev–Trinajstić information content (AvgIpc) is 2.47. The minimum atomic E-state index is -0.180. The van der Waals surface area contributed by atoms with Crippen molar-refractivity contribution >= 4 is 0 Å². The van der Waals surface area contributed by atoms with Gasteiger partial charge >= 0.3 is 0 Å². The molecule has 0 saturated carbocycles. The van der Waals surface area contributed by atoms with Gasteiger partial charge in [-0.3, -0.25) is 0 Å². The lowest BCUT2D eigenvalue weighted by Crippen LogP contribution is -2.43. The summed E-state index contributed by atoms with van der Waals surface area (Å²) in [6.45, 7) is 2.87. The first kappa shape index (κ1) is 15.8. The molecule has 1 atom stereocenters. The number of aliphatic hydroxyl groups is 1. The molecule has 0 bridgehead atoms. The van der Waals surface area contributed by atoms with E-state index in [-0.39, 0.29) is 12.1 Å². The van der Waals surface area contributed by atoms with E-state index < -0.39 is 0 Å². The number of hydrogen-bond donors (Lipinski definition) is 2. The summed E-state index contributed by atoms with van der Waals surface area (Å²) >= 11 is 0. The molecule has 0 aromatic heterocycles. The Morgan fingerprint density at radius 1 is 1.16 bits per heavy atom. The molecule has 0 radical (unpaired) electrons. The van der Waals surface area contributed by atoms with Gasteiger partial charge in [-0.1, -0.05) is 0 Å². The number of rotatable bonds is 9. The SMILES string of the molecule is CNC(C)(CO)CCCCOc1ccc(OC)cc1. The van der Waals surface area contributed by atoms with Crippen molar-refractivity contribution in [3.05, 3.63) is 24.3 Å². The first-order valence-corrected chi connectivity index (χ1v) is 6.70. The lowest BCUT2D eigenvalue weighted by Gasteiger charge is -2.26. The third kappa shape index (κ3) is 5.49. The van der Waals surface area contributed by atoms with Crippen molar-refractivity contribution in [2.45, 2.75) is 31.7 Å². The second-order valence-corrected chi connectivity index (χ2v) is 4.95. The molecule has 108 valence electrons. The van der Waals surface area contributed by atoms with Crippen LogP contribution in [0.5, 0.6) is 11.5 Å². The van der Waals surface area contributed by atoms with E-state index in [1.165, 1.54) is 0 Å². The van der Waals surface area contributed by atoms with Gasteiger partial charge in [0, 0.05) is 5.54 Å². The van der Waals surface area contributed by atoms with Gasteiger partial charge < -0.3 is 19.9 Å². The minimum absolute atomic E-state index is 0.156. The van der Waals surface area contributed by atoms with E-state index in [0.717, 1.165) is 30.8 Å². The molecule has 1 rings (SSSR count). The summed E-state index contributed by atoms with van der Waals surface area (Å²) in [5.41, 5.74) is -0.180. The largest absolute Gasteiger partial charge is 0.497 e. The van der Waals surface area contributed by atoms with Gasteiger partial charge in [0.05, 0.1) is 20.3 Å². The van der Waals surface area contributed by atoms with E-state index in [1.54, 1.807) is 7.11 Å². The summed E-state index contributed by atoms with van der Waals surface area (Å²) in [6, 6.07) is 7.59. The number of aliphatic hydroxyl groups excluding tert-OH is 1. The monoisotopic (exact) mass is 267 g/mol. The van der Waals surface area contributed by atoms with Crippen LogP contribution in [0.2, 0.25) is 0 Å². The molecule has 0 aliphatic carbocycles. The van der Waals surface area contributed by atoms with Gasteiger partial charge in [0.1, 0.15) is 11.5 Å². The third-order valence-electron chi connectivity index (χ3n) is 3.40. The zero-order valence-corrected chi connectivity index (χ0v) is 12.1. The first-order valence-electron chi connectivity index (χ1n) is 6.70.